The van der Waals surface area contributed by atoms with Crippen LogP contribution in [0.2, 0.25) is 0 Å². The maximum absolute atomic E-state index is 14.0. The summed E-state index contributed by atoms with van der Waals surface area (Å²) in [7, 11) is 0. The average molecular weight is 452 g/mol. The largest absolute Gasteiger partial charge is 0.508 e. The van der Waals surface area contributed by atoms with Gasteiger partial charge in [-0.2, -0.15) is 0 Å². The fourth-order valence-electron chi connectivity index (χ4n) is 3.75. The molecule has 0 bridgehead atoms. The monoisotopic (exact) mass is 452 g/mol. The topological polar surface area (TPSA) is 119 Å². The van der Waals surface area contributed by atoms with E-state index in [1.165, 1.54) is 16.5 Å². The molecule has 0 unspecified atom stereocenters. The first-order valence-electron chi connectivity index (χ1n) is 10.3. The van der Waals surface area contributed by atoms with E-state index in [0.29, 0.717) is 29.0 Å². The van der Waals surface area contributed by atoms with Crippen molar-refractivity contribution in [3.63, 3.8) is 0 Å². The number of rotatable bonds is 5. The van der Waals surface area contributed by atoms with Crippen LogP contribution in [0.5, 0.6) is 11.6 Å². The summed E-state index contributed by atoms with van der Waals surface area (Å²) in [6.07, 6.45) is 2.11. The minimum Gasteiger partial charge on any atom is -0.508 e. The van der Waals surface area contributed by atoms with E-state index in [2.05, 4.69) is 15.0 Å². The molecule has 0 aliphatic rings. The average Bonchev–Trinajstić information content (AvgIpc) is 3.18. The first kappa shape index (κ1) is 21.0. The Labute approximate surface area is 192 Å². The van der Waals surface area contributed by atoms with Crippen LogP contribution >= 0.6 is 0 Å². The first-order chi connectivity index (χ1) is 16.5. The van der Waals surface area contributed by atoms with Gasteiger partial charge in [-0.15, -0.1) is 0 Å². The molecule has 0 aliphatic carbocycles. The molecule has 3 aromatic carbocycles. The molecule has 0 saturated carbocycles. The van der Waals surface area contributed by atoms with Gasteiger partial charge in [0.15, 0.2) is 5.65 Å². The Bertz CT molecular complexity index is 1560. The Morgan fingerprint density at radius 3 is 2.41 bits per heavy atom. The van der Waals surface area contributed by atoms with Gasteiger partial charge in [0.05, 0.1) is 17.1 Å². The molecule has 34 heavy (non-hydrogen) atoms. The van der Waals surface area contributed by atoms with E-state index in [4.69, 9.17) is 10.5 Å². The quantitative estimate of drug-likeness (QED) is 0.189. The second kappa shape index (κ2) is 8.57. The Morgan fingerprint density at radius 1 is 0.941 bits per heavy atom. The van der Waals surface area contributed by atoms with Crippen molar-refractivity contribution in [2.75, 3.05) is 0 Å². The highest BCUT2D eigenvalue weighted by Crippen LogP contribution is 2.35. The Morgan fingerprint density at radius 2 is 1.68 bits per heavy atom. The molecule has 2 heterocycles. The molecule has 0 amide bonds. The van der Waals surface area contributed by atoms with Crippen molar-refractivity contribution in [2.45, 2.75) is 6.42 Å². The second-order valence-corrected chi connectivity index (χ2v) is 7.62. The van der Waals surface area contributed by atoms with E-state index < -0.39 is 5.82 Å². The van der Waals surface area contributed by atoms with Gasteiger partial charge in [0.2, 0.25) is 5.88 Å². The lowest BCUT2D eigenvalue weighted by Gasteiger charge is -2.08. The standard InChI is InChI=1S/C25H17FN6O2/c26-19-11-8-17(13-20(19)30-31-27)23-25(34)32-14-22(16-6-9-18(33)10-7-16)28-21(24(32)29-23)12-15-4-2-1-3-5-15/h1-11,13-14,33-34H,12H2. The Hall–Kier alpha value is -4.88. The molecule has 0 atom stereocenters. The van der Waals surface area contributed by atoms with Crippen molar-refractivity contribution in [1.82, 2.24) is 14.4 Å². The van der Waals surface area contributed by atoms with Gasteiger partial charge in [-0.05, 0) is 53.6 Å². The molecule has 2 N–H and O–H groups in total. The summed E-state index contributed by atoms with van der Waals surface area (Å²) in [6.45, 7) is 0. The zero-order valence-corrected chi connectivity index (χ0v) is 17.7. The van der Waals surface area contributed by atoms with E-state index in [0.717, 1.165) is 17.2 Å². The summed E-state index contributed by atoms with van der Waals surface area (Å²) in [6, 6.07) is 20.3. The summed E-state index contributed by atoms with van der Waals surface area (Å²) in [4.78, 5) is 12.1. The highest BCUT2D eigenvalue weighted by Gasteiger charge is 2.19. The molecule has 2 aromatic heterocycles. The van der Waals surface area contributed by atoms with E-state index >= 15 is 0 Å². The highest BCUT2D eigenvalue weighted by atomic mass is 19.1. The smallest absolute Gasteiger partial charge is 0.224 e. The highest BCUT2D eigenvalue weighted by molar-refractivity contribution is 5.74. The summed E-state index contributed by atoms with van der Waals surface area (Å²) in [5.41, 5.74) is 12.5. The minimum atomic E-state index is -0.675. The third kappa shape index (κ3) is 3.87. The third-order valence-corrected chi connectivity index (χ3v) is 5.40. The normalized spacial score (nSPS) is 10.9. The second-order valence-electron chi connectivity index (χ2n) is 7.62. The number of fused-ring (bicyclic) bond motifs is 1. The SMILES string of the molecule is [N-]=[N+]=Nc1cc(-c2nc3c(Cc4ccccc4)nc(-c4ccc(O)cc4)cn3c2O)ccc1F. The maximum atomic E-state index is 14.0. The predicted octanol–water partition coefficient (Wildman–Crippen LogP) is 6.15. The molecule has 0 radical (unpaired) electrons. The lowest BCUT2D eigenvalue weighted by Crippen LogP contribution is -2.00. The molecule has 9 heteroatoms. The Balaban J connectivity index is 1.72. The number of phenolic OH excluding ortho intramolecular Hbond substituents is 1. The van der Waals surface area contributed by atoms with Crippen LogP contribution in [0.25, 0.3) is 38.6 Å². The van der Waals surface area contributed by atoms with Crippen LogP contribution in [-0.4, -0.2) is 24.6 Å². The predicted molar refractivity (Wildman–Crippen MR) is 125 cm³/mol. The van der Waals surface area contributed by atoms with E-state index in [9.17, 15) is 14.6 Å². The van der Waals surface area contributed by atoms with Gasteiger partial charge in [-0.3, -0.25) is 4.40 Å². The molecule has 0 aliphatic heterocycles. The van der Waals surface area contributed by atoms with E-state index in [1.807, 2.05) is 30.3 Å². The molecule has 0 fully saturated rings. The number of halogens is 1. The fraction of sp³-hybridized carbons (Fsp3) is 0.0400. The molecule has 0 spiro atoms. The van der Waals surface area contributed by atoms with Crippen molar-refractivity contribution >= 4 is 11.3 Å². The zero-order chi connectivity index (χ0) is 23.7. The lowest BCUT2D eigenvalue weighted by molar-refractivity contribution is 0.450. The maximum Gasteiger partial charge on any atom is 0.224 e. The number of aromatic hydroxyl groups is 2. The van der Waals surface area contributed by atoms with Gasteiger partial charge in [0, 0.05) is 28.7 Å². The molecular weight excluding hydrogens is 435 g/mol. The summed E-state index contributed by atoms with van der Waals surface area (Å²) < 4.78 is 15.5. The van der Waals surface area contributed by atoms with Crippen LogP contribution in [0.4, 0.5) is 10.1 Å². The van der Waals surface area contributed by atoms with Gasteiger partial charge in [-0.25, -0.2) is 14.4 Å². The molecule has 5 rings (SSSR count). The Kier molecular flexibility index (Phi) is 5.29. The van der Waals surface area contributed by atoms with Crippen molar-refractivity contribution < 1.29 is 14.6 Å². The molecular formula is C25H17FN6O2. The zero-order valence-electron chi connectivity index (χ0n) is 17.7. The number of nitrogens with zero attached hydrogens (tertiary/aromatic N) is 6. The molecule has 166 valence electrons. The van der Waals surface area contributed by atoms with Gasteiger partial charge in [0.1, 0.15) is 17.3 Å². The van der Waals surface area contributed by atoms with Crippen LogP contribution in [0.3, 0.4) is 0 Å². The summed E-state index contributed by atoms with van der Waals surface area (Å²) >= 11 is 0. The van der Waals surface area contributed by atoms with Gasteiger partial charge >= 0.3 is 0 Å². The van der Waals surface area contributed by atoms with Gasteiger partial charge in [-0.1, -0.05) is 35.4 Å². The lowest BCUT2D eigenvalue weighted by atomic mass is 10.1. The summed E-state index contributed by atoms with van der Waals surface area (Å²) in [5.74, 6) is -0.703. The van der Waals surface area contributed by atoms with Crippen molar-refractivity contribution in [3.05, 3.63) is 107 Å². The first-order valence-corrected chi connectivity index (χ1v) is 10.3. The molecule has 0 saturated heterocycles. The number of azide groups is 1. The molecule has 8 nitrogen and oxygen atoms in total. The number of phenols is 1. The number of imidazole rings is 1. The van der Waals surface area contributed by atoms with Crippen LogP contribution in [-0.2, 0) is 6.42 Å². The minimum absolute atomic E-state index is 0.134. The number of hydrogen-bond donors (Lipinski definition) is 2. The van der Waals surface area contributed by atoms with Crippen molar-refractivity contribution in [2.24, 2.45) is 5.11 Å². The third-order valence-electron chi connectivity index (χ3n) is 5.40. The van der Waals surface area contributed by atoms with E-state index in [1.54, 1.807) is 30.5 Å². The fourth-order valence-corrected chi connectivity index (χ4v) is 3.75. The van der Waals surface area contributed by atoms with Crippen LogP contribution in [0.15, 0.2) is 84.1 Å². The number of benzene rings is 3. The summed E-state index contributed by atoms with van der Waals surface area (Å²) in [5, 5.41) is 24.1. The van der Waals surface area contributed by atoms with Crippen LogP contribution in [0, 0.1) is 5.82 Å². The van der Waals surface area contributed by atoms with Gasteiger partial charge in [0.25, 0.3) is 0 Å². The molecule has 5 aromatic rings. The van der Waals surface area contributed by atoms with Crippen LogP contribution in [0.1, 0.15) is 11.3 Å². The number of aromatic nitrogens is 3. The van der Waals surface area contributed by atoms with Crippen molar-refractivity contribution in [3.8, 4) is 34.1 Å². The van der Waals surface area contributed by atoms with Crippen LogP contribution < -0.4 is 0 Å². The number of hydrogen-bond acceptors (Lipinski definition) is 5. The van der Waals surface area contributed by atoms with Gasteiger partial charge < -0.3 is 10.2 Å². The van der Waals surface area contributed by atoms with E-state index in [-0.39, 0.29) is 23.0 Å². The van der Waals surface area contributed by atoms with Crippen molar-refractivity contribution in [1.29, 1.82) is 0 Å².